The highest BCUT2D eigenvalue weighted by molar-refractivity contribution is 6.33. The number of aromatic nitrogens is 2. The third-order valence-corrected chi connectivity index (χ3v) is 9.05. The second-order valence-corrected chi connectivity index (χ2v) is 11.0. The first-order valence-electron chi connectivity index (χ1n) is 12.8. The number of hydrogen-bond donors (Lipinski definition) is 0. The van der Waals surface area contributed by atoms with Gasteiger partial charge in [-0.15, -0.1) is 0 Å². The van der Waals surface area contributed by atoms with Crippen molar-refractivity contribution in [2.24, 2.45) is 7.05 Å². The number of para-hydroxylation sites is 1. The Hall–Kier alpha value is -4.30. The van der Waals surface area contributed by atoms with Gasteiger partial charge in [-0.2, -0.15) is 0 Å². The van der Waals surface area contributed by atoms with Crippen LogP contribution in [0.1, 0.15) is 25.0 Å². The molecule has 0 N–H and O–H groups in total. The molecule has 9 rings (SSSR count). The molecule has 1 aliphatic carbocycles. The largest absolute Gasteiger partial charge is 0.344 e. The van der Waals surface area contributed by atoms with Gasteiger partial charge in [-0.3, -0.25) is 0 Å². The van der Waals surface area contributed by atoms with Gasteiger partial charge in [0.2, 0.25) is 0 Å². The van der Waals surface area contributed by atoms with Crippen LogP contribution in [0.15, 0.2) is 91.0 Å². The molecule has 0 radical (unpaired) electrons. The minimum absolute atomic E-state index is 0.0567. The molecule has 0 aliphatic heterocycles. The van der Waals surface area contributed by atoms with Crippen LogP contribution in [0.5, 0.6) is 0 Å². The average molecular weight is 461 g/mol. The number of fused-ring (bicyclic) bond motifs is 9. The monoisotopic (exact) mass is 460 g/mol. The SMILES string of the molecule is Cn1c2cccc3c4cc5c(c6c7ccccc7n(c7cccc1c7c32)c46)-c1ccccc1C5(C)C. The fraction of sp³-hybridized carbons (Fsp3) is 0.118. The molecule has 5 aromatic carbocycles. The molecule has 2 heteroatoms. The van der Waals surface area contributed by atoms with Gasteiger partial charge in [0.1, 0.15) is 0 Å². The highest BCUT2D eigenvalue weighted by atomic mass is 15.0. The van der Waals surface area contributed by atoms with E-state index in [-0.39, 0.29) is 5.41 Å². The zero-order valence-electron chi connectivity index (χ0n) is 20.6. The third-order valence-electron chi connectivity index (χ3n) is 9.05. The second-order valence-electron chi connectivity index (χ2n) is 11.0. The van der Waals surface area contributed by atoms with Crippen molar-refractivity contribution in [3.63, 3.8) is 0 Å². The maximum Gasteiger partial charge on any atom is 0.0626 e. The third kappa shape index (κ3) is 1.89. The molecule has 3 aromatic heterocycles. The molecule has 0 spiro atoms. The topological polar surface area (TPSA) is 9.34 Å². The van der Waals surface area contributed by atoms with E-state index >= 15 is 0 Å². The molecule has 0 saturated heterocycles. The lowest BCUT2D eigenvalue weighted by Gasteiger charge is -2.21. The first kappa shape index (κ1) is 19.0. The summed E-state index contributed by atoms with van der Waals surface area (Å²) in [4.78, 5) is 0. The Bertz CT molecular complexity index is 2240. The molecular weight excluding hydrogens is 436 g/mol. The van der Waals surface area contributed by atoms with Crippen molar-refractivity contribution in [1.82, 2.24) is 8.97 Å². The summed E-state index contributed by atoms with van der Waals surface area (Å²) in [5, 5.41) is 8.13. The lowest BCUT2D eigenvalue weighted by Crippen LogP contribution is -2.14. The van der Waals surface area contributed by atoms with Crippen molar-refractivity contribution in [2.75, 3.05) is 0 Å². The Labute approximate surface area is 208 Å². The molecule has 0 amide bonds. The molecule has 2 nitrogen and oxygen atoms in total. The fourth-order valence-corrected chi connectivity index (χ4v) is 7.47. The molecule has 0 unspecified atom stereocenters. The fourth-order valence-electron chi connectivity index (χ4n) is 7.47. The van der Waals surface area contributed by atoms with Crippen molar-refractivity contribution in [2.45, 2.75) is 19.3 Å². The van der Waals surface area contributed by atoms with E-state index in [0.717, 1.165) is 0 Å². The summed E-state index contributed by atoms with van der Waals surface area (Å²) < 4.78 is 4.91. The molecule has 36 heavy (non-hydrogen) atoms. The smallest absolute Gasteiger partial charge is 0.0626 e. The summed E-state index contributed by atoms with van der Waals surface area (Å²) in [5.74, 6) is 0. The molecular formula is C34H24N2. The van der Waals surface area contributed by atoms with Crippen LogP contribution in [0, 0.1) is 0 Å². The Balaban J connectivity index is 1.74. The van der Waals surface area contributed by atoms with E-state index in [1.54, 1.807) is 0 Å². The molecule has 1 aliphatic rings. The van der Waals surface area contributed by atoms with Gasteiger partial charge in [0, 0.05) is 44.9 Å². The number of nitrogens with zero attached hydrogens (tertiary/aromatic N) is 2. The van der Waals surface area contributed by atoms with E-state index in [0.29, 0.717) is 0 Å². The normalized spacial score (nSPS) is 14.8. The van der Waals surface area contributed by atoms with Crippen molar-refractivity contribution in [3.8, 4) is 11.1 Å². The standard InChI is InChI=1S/C34H24N2/c1-34(2)23-13-6-4-10-20(23)29-24(34)18-22-19-12-8-15-26-30(19)32-27(35(26)3)16-9-17-28(32)36-25-14-7-5-11-21(25)31(29)33(22)36/h4-18H,1-3H3. The van der Waals surface area contributed by atoms with Crippen molar-refractivity contribution >= 4 is 59.9 Å². The van der Waals surface area contributed by atoms with E-state index in [1.165, 1.54) is 82.2 Å². The molecule has 170 valence electrons. The number of aryl methyl sites for hydroxylation is 1. The van der Waals surface area contributed by atoms with Crippen molar-refractivity contribution < 1.29 is 0 Å². The maximum atomic E-state index is 2.55. The summed E-state index contributed by atoms with van der Waals surface area (Å²) in [5.41, 5.74) is 12.1. The van der Waals surface area contributed by atoms with Crippen LogP contribution in [0.25, 0.3) is 71.0 Å². The average Bonchev–Trinajstić information content (AvgIpc) is 3.44. The van der Waals surface area contributed by atoms with Crippen LogP contribution in [0.3, 0.4) is 0 Å². The van der Waals surface area contributed by atoms with Crippen LogP contribution in [0.4, 0.5) is 0 Å². The minimum Gasteiger partial charge on any atom is -0.344 e. The lowest BCUT2D eigenvalue weighted by atomic mass is 9.81. The Morgan fingerprint density at radius 2 is 1.22 bits per heavy atom. The zero-order chi connectivity index (χ0) is 23.9. The Morgan fingerprint density at radius 3 is 2.11 bits per heavy atom. The van der Waals surface area contributed by atoms with E-state index < -0.39 is 0 Å². The van der Waals surface area contributed by atoms with Gasteiger partial charge < -0.3 is 8.97 Å². The number of benzene rings is 5. The van der Waals surface area contributed by atoms with Gasteiger partial charge in [0.25, 0.3) is 0 Å². The minimum atomic E-state index is -0.0567. The first-order valence-corrected chi connectivity index (χ1v) is 12.8. The van der Waals surface area contributed by atoms with Gasteiger partial charge in [0.15, 0.2) is 0 Å². The number of rotatable bonds is 0. The summed E-state index contributed by atoms with van der Waals surface area (Å²) >= 11 is 0. The first-order chi connectivity index (χ1) is 17.6. The van der Waals surface area contributed by atoms with Crippen LogP contribution in [-0.2, 0) is 12.5 Å². The quantitative estimate of drug-likeness (QED) is 0.214. The zero-order valence-corrected chi connectivity index (χ0v) is 20.6. The van der Waals surface area contributed by atoms with E-state index in [1.807, 2.05) is 0 Å². The summed E-state index contributed by atoms with van der Waals surface area (Å²) in [6, 6.07) is 34.2. The van der Waals surface area contributed by atoms with Crippen LogP contribution >= 0.6 is 0 Å². The van der Waals surface area contributed by atoms with Gasteiger partial charge in [-0.05, 0) is 58.0 Å². The maximum absolute atomic E-state index is 2.55. The lowest BCUT2D eigenvalue weighted by molar-refractivity contribution is 0.661. The van der Waals surface area contributed by atoms with E-state index in [2.05, 4.69) is 121 Å². The second kappa shape index (κ2) is 5.91. The van der Waals surface area contributed by atoms with Crippen molar-refractivity contribution in [3.05, 3.63) is 102 Å². The van der Waals surface area contributed by atoms with Gasteiger partial charge in [0.05, 0.1) is 22.1 Å². The molecule has 0 saturated carbocycles. The Morgan fingerprint density at radius 1 is 0.556 bits per heavy atom. The van der Waals surface area contributed by atoms with Gasteiger partial charge >= 0.3 is 0 Å². The molecule has 0 bridgehead atoms. The summed E-state index contributed by atoms with van der Waals surface area (Å²) in [6.07, 6.45) is 0. The van der Waals surface area contributed by atoms with Crippen LogP contribution in [-0.4, -0.2) is 8.97 Å². The van der Waals surface area contributed by atoms with Gasteiger partial charge in [-0.1, -0.05) is 74.5 Å². The summed E-state index contributed by atoms with van der Waals surface area (Å²) in [6.45, 7) is 4.78. The van der Waals surface area contributed by atoms with E-state index in [4.69, 9.17) is 0 Å². The van der Waals surface area contributed by atoms with Crippen LogP contribution in [0.2, 0.25) is 0 Å². The number of hydrogen-bond acceptors (Lipinski definition) is 0. The molecule has 8 aromatic rings. The van der Waals surface area contributed by atoms with E-state index in [9.17, 15) is 0 Å². The Kier molecular flexibility index (Phi) is 3.11. The highest BCUT2D eigenvalue weighted by Gasteiger charge is 2.38. The van der Waals surface area contributed by atoms with Gasteiger partial charge in [-0.25, -0.2) is 0 Å². The summed E-state index contributed by atoms with van der Waals surface area (Å²) in [7, 11) is 2.20. The molecule has 0 fully saturated rings. The predicted octanol–water partition coefficient (Wildman–Crippen LogP) is 8.79. The van der Waals surface area contributed by atoms with Crippen molar-refractivity contribution in [1.29, 1.82) is 0 Å². The predicted molar refractivity (Wildman–Crippen MR) is 153 cm³/mol. The highest BCUT2D eigenvalue weighted by Crippen LogP contribution is 2.55. The molecule has 0 atom stereocenters. The molecule has 3 heterocycles. The van der Waals surface area contributed by atoms with Crippen LogP contribution < -0.4 is 0 Å².